The van der Waals surface area contributed by atoms with Crippen molar-refractivity contribution in [3.8, 4) is 11.4 Å². The lowest BCUT2D eigenvalue weighted by Gasteiger charge is -2.03. The van der Waals surface area contributed by atoms with Crippen molar-refractivity contribution in [2.24, 2.45) is 0 Å². The Kier molecular flexibility index (Phi) is 3.91. The van der Waals surface area contributed by atoms with Crippen molar-refractivity contribution in [2.75, 3.05) is 11.5 Å². The third-order valence-corrected chi connectivity index (χ3v) is 6.20. The van der Waals surface area contributed by atoms with E-state index in [9.17, 15) is 19.2 Å². The van der Waals surface area contributed by atoms with Crippen molar-refractivity contribution in [2.45, 2.75) is 0 Å². The van der Waals surface area contributed by atoms with Crippen molar-refractivity contribution in [3.05, 3.63) is 114 Å². The molecule has 4 aromatic heterocycles. The standard InChI is InChI=1S/C26H16N4O4/c27-13-1-5-15(6-2-13)29-23(31)17-9-10-18(24(29)32)22-20-12-11-19(21(17)22)25(33)30(26(20)34)16-7-3-14(28)4-8-16/h1-12H,27-28H2. The Bertz CT molecular complexity index is 1750. The van der Waals surface area contributed by atoms with Gasteiger partial charge in [-0.15, -0.1) is 0 Å². The van der Waals surface area contributed by atoms with Crippen molar-refractivity contribution in [1.29, 1.82) is 0 Å². The summed E-state index contributed by atoms with van der Waals surface area (Å²) in [6, 6.07) is 18.8. The molecule has 0 unspecified atom stereocenters. The number of nitrogen functional groups attached to an aromatic ring is 2. The molecule has 0 saturated heterocycles. The van der Waals surface area contributed by atoms with Gasteiger partial charge in [0.25, 0.3) is 22.2 Å². The van der Waals surface area contributed by atoms with E-state index in [4.69, 9.17) is 11.5 Å². The second-order valence-corrected chi connectivity index (χ2v) is 8.15. The van der Waals surface area contributed by atoms with E-state index in [1.54, 1.807) is 48.5 Å². The van der Waals surface area contributed by atoms with Crippen LogP contribution in [0.4, 0.5) is 11.4 Å². The van der Waals surface area contributed by atoms with Crippen molar-refractivity contribution >= 4 is 43.7 Å². The van der Waals surface area contributed by atoms with E-state index in [2.05, 4.69) is 0 Å². The predicted octanol–water partition coefficient (Wildman–Crippen LogP) is 2.21. The summed E-state index contributed by atoms with van der Waals surface area (Å²) in [7, 11) is 0. The summed E-state index contributed by atoms with van der Waals surface area (Å²) in [6.07, 6.45) is 0. The van der Waals surface area contributed by atoms with E-state index >= 15 is 0 Å². The van der Waals surface area contributed by atoms with E-state index in [0.29, 0.717) is 33.5 Å². The molecular weight excluding hydrogens is 432 g/mol. The minimum absolute atomic E-state index is 0.165. The maximum absolute atomic E-state index is 13.6. The Morgan fingerprint density at radius 2 is 0.676 bits per heavy atom. The topological polar surface area (TPSA) is 130 Å². The van der Waals surface area contributed by atoms with Crippen LogP contribution in [0.25, 0.3) is 43.7 Å². The number of hydrogen-bond acceptors (Lipinski definition) is 6. The number of nitrogens with two attached hydrogens (primary N) is 2. The first-order chi connectivity index (χ1) is 16.4. The number of nitrogens with zero attached hydrogens (tertiary/aromatic N) is 2. The van der Waals surface area contributed by atoms with Crippen molar-refractivity contribution in [1.82, 2.24) is 9.13 Å². The Morgan fingerprint density at radius 1 is 0.412 bits per heavy atom. The van der Waals surface area contributed by atoms with Crippen molar-refractivity contribution < 1.29 is 0 Å². The Balaban J connectivity index is 1.87. The smallest absolute Gasteiger partial charge is 0.265 e. The molecule has 8 nitrogen and oxygen atoms in total. The fourth-order valence-corrected chi connectivity index (χ4v) is 4.59. The van der Waals surface area contributed by atoms with Crippen LogP contribution in [0.2, 0.25) is 0 Å². The molecule has 0 aliphatic carbocycles. The van der Waals surface area contributed by atoms with Crippen LogP contribution in [0, 0.1) is 0 Å². The molecule has 0 fully saturated rings. The monoisotopic (exact) mass is 448 g/mol. The summed E-state index contributed by atoms with van der Waals surface area (Å²) in [5.41, 5.74) is 10.8. The third kappa shape index (κ3) is 2.53. The fraction of sp³-hybridized carbons (Fsp3) is 0. The molecule has 0 saturated carbocycles. The van der Waals surface area contributed by atoms with E-state index < -0.39 is 22.2 Å². The molecule has 164 valence electrons. The van der Waals surface area contributed by atoms with Crippen LogP contribution >= 0.6 is 0 Å². The number of benzene rings is 4. The van der Waals surface area contributed by atoms with Gasteiger partial charge in [0.05, 0.1) is 11.4 Å². The summed E-state index contributed by atoms with van der Waals surface area (Å²) in [4.78, 5) is 54.3. The minimum Gasteiger partial charge on any atom is -0.399 e. The molecule has 0 atom stereocenters. The summed E-state index contributed by atoms with van der Waals surface area (Å²) < 4.78 is 2.10. The molecule has 4 aromatic carbocycles. The Hall–Kier alpha value is -4.98. The molecule has 8 rings (SSSR count). The summed E-state index contributed by atoms with van der Waals surface area (Å²) in [6.45, 7) is 0. The van der Waals surface area contributed by atoms with Gasteiger partial charge in [0, 0.05) is 43.7 Å². The van der Waals surface area contributed by atoms with Gasteiger partial charge < -0.3 is 11.5 Å². The highest BCUT2D eigenvalue weighted by Gasteiger charge is 2.21. The fourth-order valence-electron chi connectivity index (χ4n) is 4.59. The van der Waals surface area contributed by atoms with Gasteiger partial charge in [-0.2, -0.15) is 0 Å². The van der Waals surface area contributed by atoms with Crippen LogP contribution in [0.3, 0.4) is 0 Å². The molecule has 0 radical (unpaired) electrons. The maximum atomic E-state index is 13.6. The highest BCUT2D eigenvalue weighted by atomic mass is 16.2. The van der Waals surface area contributed by atoms with Gasteiger partial charge in [-0.25, -0.2) is 9.13 Å². The predicted molar refractivity (Wildman–Crippen MR) is 134 cm³/mol. The zero-order chi connectivity index (χ0) is 23.7. The first-order valence-corrected chi connectivity index (χ1v) is 10.4. The number of aromatic nitrogens is 2. The van der Waals surface area contributed by atoms with E-state index in [-0.39, 0.29) is 21.5 Å². The molecule has 4 heterocycles. The largest absolute Gasteiger partial charge is 0.399 e. The highest BCUT2D eigenvalue weighted by Crippen LogP contribution is 2.29. The zero-order valence-corrected chi connectivity index (χ0v) is 17.6. The van der Waals surface area contributed by atoms with E-state index in [0.717, 1.165) is 9.13 Å². The van der Waals surface area contributed by atoms with Crippen LogP contribution in [0.5, 0.6) is 0 Å². The van der Waals surface area contributed by atoms with Crippen LogP contribution < -0.4 is 33.7 Å². The second-order valence-electron chi connectivity index (χ2n) is 8.15. The lowest BCUT2D eigenvalue weighted by Crippen LogP contribution is -2.28. The number of fused-ring (bicyclic) bond motifs is 6. The van der Waals surface area contributed by atoms with Gasteiger partial charge >= 0.3 is 0 Å². The average molecular weight is 448 g/mol. The SMILES string of the molecule is Nc1ccc(-n2c(=O)c3ccc(c2=O)c2c4ccc(c(=O)n(-c5ccc(N)cc5)c4=O)c32)cc1. The third-order valence-electron chi connectivity index (χ3n) is 6.20. The van der Waals surface area contributed by atoms with Gasteiger partial charge in [-0.3, -0.25) is 19.2 Å². The Morgan fingerprint density at radius 3 is 0.941 bits per heavy atom. The quantitative estimate of drug-likeness (QED) is 0.391. The molecular formula is C26H16N4O4. The van der Waals surface area contributed by atoms with E-state index in [1.165, 1.54) is 24.3 Å². The number of rotatable bonds is 2. The molecule has 8 aromatic rings. The molecule has 8 heteroatoms. The van der Waals surface area contributed by atoms with Crippen LogP contribution in [0.1, 0.15) is 0 Å². The summed E-state index contributed by atoms with van der Waals surface area (Å²) in [5.74, 6) is 0. The molecule has 4 N–H and O–H groups in total. The van der Waals surface area contributed by atoms with Crippen molar-refractivity contribution in [3.63, 3.8) is 0 Å². The molecule has 0 aliphatic rings. The van der Waals surface area contributed by atoms with Crippen LogP contribution in [-0.2, 0) is 0 Å². The lowest BCUT2D eigenvalue weighted by atomic mass is 10.00. The number of hydrogen-bond donors (Lipinski definition) is 2. The highest BCUT2D eigenvalue weighted by molar-refractivity contribution is 6.22. The average Bonchev–Trinajstić information content (AvgIpc) is 3.12. The maximum Gasteiger partial charge on any atom is 0.265 e. The molecule has 0 aliphatic heterocycles. The molecule has 34 heavy (non-hydrogen) atoms. The van der Waals surface area contributed by atoms with Gasteiger partial charge in [-0.05, 0) is 72.8 Å². The second kappa shape index (κ2) is 6.76. The molecule has 0 spiro atoms. The van der Waals surface area contributed by atoms with Crippen LogP contribution in [0.15, 0.2) is 92.0 Å². The number of anilines is 2. The Labute approximate surface area is 190 Å². The van der Waals surface area contributed by atoms with Crippen LogP contribution in [-0.4, -0.2) is 9.13 Å². The van der Waals surface area contributed by atoms with Gasteiger partial charge in [0.2, 0.25) is 0 Å². The van der Waals surface area contributed by atoms with E-state index in [1.807, 2.05) is 0 Å². The first-order valence-electron chi connectivity index (χ1n) is 10.4. The lowest BCUT2D eigenvalue weighted by molar-refractivity contribution is 0.976. The van der Waals surface area contributed by atoms with Gasteiger partial charge in [-0.1, -0.05) is 0 Å². The first kappa shape index (κ1) is 19.7. The minimum atomic E-state index is -0.584. The normalized spacial score (nSPS) is 11.6. The molecule has 4 bridgehead atoms. The summed E-state index contributed by atoms with van der Waals surface area (Å²) in [5, 5.41) is 1.25. The molecule has 0 amide bonds. The van der Waals surface area contributed by atoms with Gasteiger partial charge in [0.15, 0.2) is 0 Å². The zero-order valence-electron chi connectivity index (χ0n) is 17.6. The summed E-state index contributed by atoms with van der Waals surface area (Å²) >= 11 is 0. The van der Waals surface area contributed by atoms with Gasteiger partial charge in [0.1, 0.15) is 0 Å².